The van der Waals surface area contributed by atoms with Gasteiger partial charge < -0.3 is 29.7 Å². The minimum atomic E-state index is -0.0351. The maximum absolute atomic E-state index is 11.8. The van der Waals surface area contributed by atoms with Crippen LogP contribution in [0.1, 0.15) is 0 Å². The van der Waals surface area contributed by atoms with Gasteiger partial charge in [0.05, 0.1) is 36.7 Å². The van der Waals surface area contributed by atoms with Crippen LogP contribution in [0.4, 0.5) is 23.1 Å². The topological polar surface area (TPSA) is 115 Å². The Kier molecular flexibility index (Phi) is 6.57. The summed E-state index contributed by atoms with van der Waals surface area (Å²) in [5, 5.41) is 4.37. The summed E-state index contributed by atoms with van der Waals surface area (Å²) in [6, 6.07) is 10.3. The number of morpholine rings is 1. The number of ether oxygens (including phenoxy) is 1. The van der Waals surface area contributed by atoms with Crippen LogP contribution in [0.15, 0.2) is 61.7 Å². The normalized spacial score (nSPS) is 16.1. The number of hydrogen-bond donors (Lipinski definition) is 2. The van der Waals surface area contributed by atoms with Crippen molar-refractivity contribution in [3.05, 3.63) is 61.7 Å². The predicted octanol–water partition coefficient (Wildman–Crippen LogP) is 2.83. The van der Waals surface area contributed by atoms with E-state index in [2.05, 4.69) is 64.8 Å². The van der Waals surface area contributed by atoms with Gasteiger partial charge in [-0.3, -0.25) is 4.79 Å². The van der Waals surface area contributed by atoms with Gasteiger partial charge in [-0.1, -0.05) is 18.7 Å². The molecule has 38 heavy (non-hydrogen) atoms. The van der Waals surface area contributed by atoms with Gasteiger partial charge in [-0.25, -0.2) is 19.9 Å². The molecule has 11 nitrogen and oxygen atoms in total. The quantitative estimate of drug-likeness (QED) is 0.377. The number of benzene rings is 1. The van der Waals surface area contributed by atoms with Crippen LogP contribution in [0.5, 0.6) is 0 Å². The Morgan fingerprint density at radius 1 is 0.921 bits per heavy atom. The van der Waals surface area contributed by atoms with Gasteiger partial charge in [0.1, 0.15) is 17.8 Å². The molecule has 2 fully saturated rings. The largest absolute Gasteiger partial charge is 0.378 e. The number of anilines is 4. The average Bonchev–Trinajstić information content (AvgIpc) is 3.43. The molecule has 2 aliphatic rings. The Hall–Kier alpha value is -4.51. The summed E-state index contributed by atoms with van der Waals surface area (Å²) in [6.07, 6.45) is 6.52. The average molecular weight is 512 g/mol. The van der Waals surface area contributed by atoms with E-state index >= 15 is 0 Å². The maximum Gasteiger partial charge on any atom is 0.246 e. The summed E-state index contributed by atoms with van der Waals surface area (Å²) >= 11 is 0. The molecular formula is C27H29N9O2. The van der Waals surface area contributed by atoms with Crippen molar-refractivity contribution in [2.75, 3.05) is 67.6 Å². The molecule has 2 saturated heterocycles. The summed E-state index contributed by atoms with van der Waals surface area (Å²) in [5.41, 5.74) is 4.61. The fourth-order valence-electron chi connectivity index (χ4n) is 4.81. The predicted molar refractivity (Wildman–Crippen MR) is 147 cm³/mol. The van der Waals surface area contributed by atoms with Gasteiger partial charge in [-0.15, -0.1) is 0 Å². The van der Waals surface area contributed by atoms with Crippen LogP contribution in [0, 0.1) is 0 Å². The van der Waals surface area contributed by atoms with Gasteiger partial charge in [-0.2, -0.15) is 0 Å². The van der Waals surface area contributed by atoms with E-state index in [1.807, 2.05) is 12.1 Å². The molecule has 0 unspecified atom stereocenters. The van der Waals surface area contributed by atoms with Gasteiger partial charge >= 0.3 is 0 Å². The Balaban J connectivity index is 1.11. The highest BCUT2D eigenvalue weighted by Gasteiger charge is 2.21. The summed E-state index contributed by atoms with van der Waals surface area (Å²) in [5.74, 6) is 1.57. The second-order valence-electron chi connectivity index (χ2n) is 9.23. The second kappa shape index (κ2) is 10.5. The van der Waals surface area contributed by atoms with Gasteiger partial charge in [0.25, 0.3) is 0 Å². The summed E-state index contributed by atoms with van der Waals surface area (Å²) in [6.45, 7) is 9.29. The molecule has 0 saturated carbocycles. The molecule has 0 spiro atoms. The number of nitrogens with zero attached hydrogens (tertiary/aromatic N) is 7. The van der Waals surface area contributed by atoms with Crippen molar-refractivity contribution in [1.82, 2.24) is 29.8 Å². The molecule has 194 valence electrons. The van der Waals surface area contributed by atoms with Gasteiger partial charge in [0.2, 0.25) is 11.9 Å². The van der Waals surface area contributed by atoms with E-state index in [4.69, 9.17) is 4.74 Å². The molecule has 5 heterocycles. The zero-order chi connectivity index (χ0) is 25.9. The number of carbonyl (C=O) groups is 1. The molecule has 11 heteroatoms. The first-order chi connectivity index (χ1) is 18.7. The van der Waals surface area contributed by atoms with Crippen LogP contribution in [0.3, 0.4) is 0 Å². The highest BCUT2D eigenvalue weighted by Crippen LogP contribution is 2.30. The Morgan fingerprint density at radius 3 is 2.37 bits per heavy atom. The molecule has 0 bridgehead atoms. The summed E-state index contributed by atoms with van der Waals surface area (Å²) in [4.78, 5) is 39.4. The van der Waals surface area contributed by atoms with Crippen molar-refractivity contribution in [3.8, 4) is 11.3 Å². The van der Waals surface area contributed by atoms with Crippen LogP contribution >= 0.6 is 0 Å². The molecule has 1 amide bonds. The Labute approximate surface area is 220 Å². The number of carbonyl (C=O) groups excluding carboxylic acids is 1. The van der Waals surface area contributed by atoms with Crippen LogP contribution in [0.2, 0.25) is 0 Å². The molecule has 0 radical (unpaired) electrons. The minimum absolute atomic E-state index is 0.0351. The number of aromatic amines is 1. The van der Waals surface area contributed by atoms with E-state index < -0.39 is 0 Å². The third kappa shape index (κ3) is 4.88. The maximum atomic E-state index is 11.8. The summed E-state index contributed by atoms with van der Waals surface area (Å²) < 4.78 is 5.49. The van der Waals surface area contributed by atoms with E-state index in [9.17, 15) is 4.79 Å². The lowest BCUT2D eigenvalue weighted by atomic mass is 10.1. The molecule has 0 atom stereocenters. The van der Waals surface area contributed by atoms with E-state index in [-0.39, 0.29) is 5.91 Å². The molecule has 0 aliphatic carbocycles. The van der Waals surface area contributed by atoms with E-state index in [0.29, 0.717) is 45.3 Å². The highest BCUT2D eigenvalue weighted by atomic mass is 16.5. The molecule has 3 aromatic heterocycles. The SMILES string of the molecule is C=CC(=O)N1CCN(c2ncc(Nc3ccc(-c4cc5c(N6CCOCC6)ncnc5[nH]4)cc3)cn2)CC1. The lowest BCUT2D eigenvalue weighted by Gasteiger charge is -2.34. The Bertz CT molecular complexity index is 1420. The lowest BCUT2D eigenvalue weighted by molar-refractivity contribution is -0.126. The fourth-order valence-corrected chi connectivity index (χ4v) is 4.81. The van der Waals surface area contributed by atoms with Gasteiger partial charge in [-0.05, 0) is 29.8 Å². The molecular weight excluding hydrogens is 482 g/mol. The summed E-state index contributed by atoms with van der Waals surface area (Å²) in [7, 11) is 0. The van der Waals surface area contributed by atoms with Crippen molar-refractivity contribution >= 4 is 40.1 Å². The molecule has 1 aromatic carbocycles. The Morgan fingerprint density at radius 2 is 1.66 bits per heavy atom. The third-order valence-electron chi connectivity index (χ3n) is 6.89. The highest BCUT2D eigenvalue weighted by molar-refractivity contribution is 5.92. The smallest absolute Gasteiger partial charge is 0.246 e. The van der Waals surface area contributed by atoms with Gasteiger partial charge in [0, 0.05) is 50.6 Å². The number of H-pyrrole nitrogens is 1. The van der Waals surface area contributed by atoms with E-state index in [1.165, 1.54) is 6.08 Å². The first kappa shape index (κ1) is 23.9. The molecule has 6 rings (SSSR count). The fraction of sp³-hybridized carbons (Fsp3) is 0.296. The number of nitrogens with one attached hydrogen (secondary N) is 2. The number of piperazine rings is 1. The number of hydrogen-bond acceptors (Lipinski definition) is 9. The second-order valence-corrected chi connectivity index (χ2v) is 9.23. The van der Waals surface area contributed by atoms with Crippen molar-refractivity contribution in [3.63, 3.8) is 0 Å². The molecule has 2 N–H and O–H groups in total. The number of fused-ring (bicyclic) bond motifs is 1. The standard InChI is InChI=1S/C27H29N9O2/c1-2-24(37)34-7-9-36(10-8-34)27-28-16-21(17-29-27)32-20-5-3-19(4-6-20)23-15-22-25(33-23)30-18-31-26(22)35-11-13-38-14-12-35/h2-6,15-18,32H,1,7-14H2,(H,30,31,33). The van der Waals surface area contributed by atoms with Crippen molar-refractivity contribution in [2.24, 2.45) is 0 Å². The van der Waals surface area contributed by atoms with Crippen LogP contribution in [-0.4, -0.2) is 88.2 Å². The van der Waals surface area contributed by atoms with E-state index in [1.54, 1.807) is 23.6 Å². The van der Waals surface area contributed by atoms with Crippen molar-refractivity contribution < 1.29 is 9.53 Å². The van der Waals surface area contributed by atoms with Crippen molar-refractivity contribution in [1.29, 1.82) is 0 Å². The van der Waals surface area contributed by atoms with Gasteiger partial charge in [0.15, 0.2) is 0 Å². The number of rotatable bonds is 6. The number of amides is 1. The van der Waals surface area contributed by atoms with Crippen LogP contribution in [0.25, 0.3) is 22.3 Å². The third-order valence-corrected chi connectivity index (χ3v) is 6.89. The van der Waals surface area contributed by atoms with Crippen molar-refractivity contribution in [2.45, 2.75) is 0 Å². The molecule has 4 aromatic rings. The minimum Gasteiger partial charge on any atom is -0.378 e. The lowest BCUT2D eigenvalue weighted by Crippen LogP contribution is -2.48. The first-order valence-corrected chi connectivity index (χ1v) is 12.7. The number of aromatic nitrogens is 5. The molecule has 2 aliphatic heterocycles. The zero-order valence-corrected chi connectivity index (χ0v) is 21.0. The van der Waals surface area contributed by atoms with Crippen LogP contribution in [-0.2, 0) is 9.53 Å². The first-order valence-electron chi connectivity index (χ1n) is 12.7. The zero-order valence-electron chi connectivity index (χ0n) is 21.0. The monoisotopic (exact) mass is 511 g/mol. The van der Waals surface area contributed by atoms with E-state index in [0.717, 1.165) is 52.6 Å². The van der Waals surface area contributed by atoms with Crippen LogP contribution < -0.4 is 15.1 Å².